The van der Waals surface area contributed by atoms with Crippen molar-refractivity contribution in [2.75, 3.05) is 95.3 Å². The van der Waals surface area contributed by atoms with Crippen molar-refractivity contribution in [1.82, 2.24) is 60.0 Å². The van der Waals surface area contributed by atoms with Crippen LogP contribution < -0.4 is 16.0 Å². The lowest BCUT2D eigenvalue weighted by molar-refractivity contribution is -0.215. The van der Waals surface area contributed by atoms with Gasteiger partial charge in [-0.3, -0.25) is 57.5 Å². The summed E-state index contributed by atoms with van der Waals surface area (Å²) in [5, 5.41) is 8.87. The molecule has 29 heteroatoms. The third kappa shape index (κ3) is 21.2. The molecule has 13 atom stereocenters. The van der Waals surface area contributed by atoms with Crippen molar-refractivity contribution >= 4 is 70.9 Å². The van der Waals surface area contributed by atoms with E-state index < -0.39 is 186 Å². The second-order valence-corrected chi connectivity index (χ2v) is 33.0. The Morgan fingerprint density at radius 2 is 1.29 bits per heavy atom. The van der Waals surface area contributed by atoms with E-state index in [4.69, 9.17) is 9.47 Å². The Kier molecular flexibility index (Phi) is 31.1. The molecule has 3 N–H and O–H groups in total. The number of amides is 12. The van der Waals surface area contributed by atoms with Gasteiger partial charge in [0, 0.05) is 88.6 Å². The minimum atomic E-state index is -4.52. The highest BCUT2D eigenvalue weighted by Crippen LogP contribution is 2.50. The number of ether oxygens (including phenoxy) is 2. The number of fused-ring (bicyclic) bond motifs is 3. The van der Waals surface area contributed by atoms with Gasteiger partial charge in [0.05, 0.1) is 37.6 Å². The quantitative estimate of drug-likeness (QED) is 0.151. The molecule has 7 aliphatic rings. The summed E-state index contributed by atoms with van der Waals surface area (Å²) in [4.78, 5) is 195. The fourth-order valence-corrected chi connectivity index (χ4v) is 18.1. The molecule has 4 heterocycles. The van der Waals surface area contributed by atoms with E-state index in [1.165, 1.54) is 88.6 Å². The lowest BCUT2D eigenvalue weighted by Crippen LogP contribution is -2.71. The Balaban J connectivity index is 1.33. The molecule has 1 spiro atoms. The SMILES string of the molecule is CCO[C@@H]1C[C@H]2C(=O)NC3(CC(C)(C)C3)C(=O)N(C)[C@@H](C(CC)CC)C(=O)N(C)[C@H](C(=O)N3CCCC3)CC(=O)N(C)[C@@H](CC)C(=O)N[C@@H]([C@@H](C)CC)C(=O)N(C)CC(=O)N(C)[C@H]3C/C=C\CCN(C3=O)[C@@H](CC3CCC(C)CC3)C(=O)N(C)CC(=O)N[C@@H](CCC3CCC(C(F)(F)F)C(OC)C3)C(=O)N2C1. The van der Waals surface area contributed by atoms with Crippen LogP contribution in [0.25, 0.3) is 0 Å². The molecule has 4 aliphatic heterocycles. The summed E-state index contributed by atoms with van der Waals surface area (Å²) >= 11 is 0. The van der Waals surface area contributed by atoms with Gasteiger partial charge in [-0.15, -0.1) is 0 Å². The van der Waals surface area contributed by atoms with E-state index in [1.807, 2.05) is 40.7 Å². The zero-order valence-corrected chi connectivity index (χ0v) is 66.8. The number of likely N-dealkylation sites (tertiary alicyclic amines) is 1. The van der Waals surface area contributed by atoms with E-state index >= 15 is 28.8 Å². The largest absolute Gasteiger partial charge is 0.394 e. The third-order valence-corrected chi connectivity index (χ3v) is 24.8. The van der Waals surface area contributed by atoms with Crippen molar-refractivity contribution in [3.05, 3.63) is 12.2 Å². The van der Waals surface area contributed by atoms with Crippen molar-refractivity contribution < 1.29 is 80.2 Å². The fourth-order valence-electron chi connectivity index (χ4n) is 18.1. The Morgan fingerprint density at radius 3 is 1.88 bits per heavy atom. The molecule has 107 heavy (non-hydrogen) atoms. The van der Waals surface area contributed by atoms with Crippen LogP contribution in [-0.2, 0) is 67.0 Å². The lowest BCUT2D eigenvalue weighted by Gasteiger charge is -2.54. The Morgan fingerprint density at radius 1 is 0.654 bits per heavy atom. The minimum Gasteiger partial charge on any atom is -0.381 e. The van der Waals surface area contributed by atoms with Crippen molar-refractivity contribution in [1.29, 1.82) is 0 Å². The highest BCUT2D eigenvalue weighted by Gasteiger charge is 2.59. The van der Waals surface area contributed by atoms with Crippen LogP contribution in [0.4, 0.5) is 13.2 Å². The molecule has 3 unspecified atom stereocenters. The molecule has 6 fully saturated rings. The van der Waals surface area contributed by atoms with E-state index in [1.54, 1.807) is 31.7 Å². The van der Waals surface area contributed by atoms with Crippen molar-refractivity contribution in [3.8, 4) is 0 Å². The molecule has 604 valence electrons. The maximum absolute atomic E-state index is 15.9. The summed E-state index contributed by atoms with van der Waals surface area (Å²) in [6.45, 7) is 16.5. The van der Waals surface area contributed by atoms with E-state index in [0.29, 0.717) is 57.5 Å². The second kappa shape index (κ2) is 38.1. The standard InChI is InChI=1S/C78H127F3N12O14/c1-17-49(7)65-73(103)86(11)45-64(96)88(13)57-27-23-22-24-38-92(72(57)102)60(39-50-30-28-48(6)29-31-50)70(100)85(10)44-62(94)82-55(35-33-51-32-34-54(78(79,80)81)61(40-51)106-16)69(99)93-43-53(107-21-5)41-58(93)68(98)84-77(46-76(8,9)47-77)75(105)90(15)66(52(18-2)19-3)74(104)89(14)59(71(101)91-36-25-26-37-91)42-63(95)87(12)56(20-4)67(97)83-65/h22-23,48-61,65-66H,17-21,24-47H2,1-16H3,(H,82,94)(H,83,97)(H,84,98)/b23-22-/t48?,49-,50?,51?,53+,54?,55-,56-,57-,58-,59-,60-,61?,65-,66-/m0/s1. The number of carbonyl (C=O) groups is 12. The van der Waals surface area contributed by atoms with Gasteiger partial charge < -0.3 is 69.5 Å². The van der Waals surface area contributed by atoms with Crippen LogP contribution in [-0.4, -0.2) is 283 Å². The first-order chi connectivity index (χ1) is 50.4. The number of halogens is 3. The molecule has 0 radical (unpaired) electrons. The summed E-state index contributed by atoms with van der Waals surface area (Å²) in [7, 11) is 9.85. The first kappa shape index (κ1) is 87.3. The summed E-state index contributed by atoms with van der Waals surface area (Å²) in [6.07, 6.45) is 3.31. The highest BCUT2D eigenvalue weighted by molar-refractivity contribution is 6.01. The van der Waals surface area contributed by atoms with Gasteiger partial charge in [-0.25, -0.2) is 0 Å². The van der Waals surface area contributed by atoms with E-state index in [2.05, 4.69) is 22.9 Å². The summed E-state index contributed by atoms with van der Waals surface area (Å²) in [6, 6.07) is -10.1. The van der Waals surface area contributed by atoms with Gasteiger partial charge in [0.1, 0.15) is 53.9 Å². The minimum absolute atomic E-state index is 0.00565. The van der Waals surface area contributed by atoms with Crippen LogP contribution in [0.5, 0.6) is 0 Å². The lowest BCUT2D eigenvalue weighted by atomic mass is 9.58. The normalized spacial score (nSPS) is 31.7. The first-order valence-corrected chi connectivity index (χ1v) is 39.6. The van der Waals surface area contributed by atoms with Crippen LogP contribution in [0, 0.1) is 40.9 Å². The number of carbonyl (C=O) groups excluding carboxylic acids is 12. The Hall–Kier alpha value is -6.91. The summed E-state index contributed by atoms with van der Waals surface area (Å²) in [5.41, 5.74) is -2.19. The highest BCUT2D eigenvalue weighted by atomic mass is 19.4. The number of rotatable bonds is 15. The number of hydrogen-bond acceptors (Lipinski definition) is 14. The summed E-state index contributed by atoms with van der Waals surface area (Å²) < 4.78 is 54.6. The number of alkyl halides is 3. The van der Waals surface area contributed by atoms with E-state index in [-0.39, 0.29) is 102 Å². The topological polar surface area (TPSA) is 289 Å². The second-order valence-electron chi connectivity index (χ2n) is 33.0. The fraction of sp³-hybridized carbons (Fsp3) is 0.821. The monoisotopic (exact) mass is 1510 g/mol. The predicted molar refractivity (Wildman–Crippen MR) is 396 cm³/mol. The van der Waals surface area contributed by atoms with E-state index in [0.717, 1.165) is 25.7 Å². The van der Waals surface area contributed by atoms with Gasteiger partial charge in [0.25, 0.3) is 0 Å². The Bertz CT molecular complexity index is 3170. The van der Waals surface area contributed by atoms with Crippen molar-refractivity contribution in [2.24, 2.45) is 40.9 Å². The molecule has 0 aromatic rings. The molecule has 3 saturated carbocycles. The van der Waals surface area contributed by atoms with Gasteiger partial charge in [-0.05, 0) is 125 Å². The zero-order chi connectivity index (χ0) is 79.3. The first-order valence-electron chi connectivity index (χ1n) is 39.6. The number of methoxy groups -OCH3 is 1. The van der Waals surface area contributed by atoms with Gasteiger partial charge in [0.2, 0.25) is 70.9 Å². The van der Waals surface area contributed by atoms with Crippen LogP contribution in [0.2, 0.25) is 0 Å². The molecule has 2 bridgehead atoms. The maximum Gasteiger partial charge on any atom is 0.394 e. The van der Waals surface area contributed by atoms with Gasteiger partial charge >= 0.3 is 6.18 Å². The molecule has 3 saturated heterocycles. The number of nitrogens with one attached hydrogen (secondary N) is 3. The maximum atomic E-state index is 15.9. The van der Waals surface area contributed by atoms with Crippen molar-refractivity contribution in [3.63, 3.8) is 0 Å². The van der Waals surface area contributed by atoms with Crippen LogP contribution in [0.3, 0.4) is 0 Å². The number of nitrogens with zero attached hydrogens (tertiary/aromatic N) is 9. The van der Waals surface area contributed by atoms with Crippen LogP contribution in [0.1, 0.15) is 204 Å². The average Bonchev–Trinajstić information content (AvgIpc) is 1.44. The molecule has 7 rings (SSSR count). The van der Waals surface area contributed by atoms with Crippen LogP contribution >= 0.6 is 0 Å². The number of likely N-dealkylation sites (N-methyl/N-ethyl adjacent to an activating group) is 6. The molecule has 26 nitrogen and oxygen atoms in total. The molecule has 12 amide bonds. The third-order valence-electron chi connectivity index (χ3n) is 24.8. The summed E-state index contributed by atoms with van der Waals surface area (Å²) in [5.74, 6) is -10.4. The van der Waals surface area contributed by atoms with Gasteiger partial charge in [-0.2, -0.15) is 13.2 Å². The molecule has 3 aliphatic carbocycles. The predicted octanol–water partition coefficient (Wildman–Crippen LogP) is 6.32. The van der Waals surface area contributed by atoms with Crippen molar-refractivity contribution in [2.45, 2.75) is 276 Å². The van der Waals surface area contributed by atoms with E-state index in [9.17, 15) is 41.9 Å². The zero-order valence-electron chi connectivity index (χ0n) is 66.8. The average molecular weight is 1510 g/mol. The number of hydrogen-bond donors (Lipinski definition) is 3. The smallest absolute Gasteiger partial charge is 0.381 e. The molecule has 0 aromatic heterocycles. The van der Waals surface area contributed by atoms with Gasteiger partial charge in [-0.1, -0.05) is 112 Å². The molecular formula is C78H127F3N12O14. The molecular weight excluding hydrogens is 1390 g/mol. The van der Waals surface area contributed by atoms with Crippen LogP contribution in [0.15, 0.2) is 12.2 Å². The van der Waals surface area contributed by atoms with Gasteiger partial charge in [0.15, 0.2) is 0 Å². The Labute approximate surface area is 632 Å². The molecule has 0 aromatic carbocycles.